The number of aromatic nitrogens is 1. The van der Waals surface area contributed by atoms with Crippen molar-refractivity contribution in [1.82, 2.24) is 5.16 Å². The SMILES string of the molecule is C=C/C(=C\c1cnoc1C)CCC. The van der Waals surface area contributed by atoms with Gasteiger partial charge in [-0.05, 0) is 25.0 Å². The maximum atomic E-state index is 4.96. The first kappa shape index (κ1) is 9.78. The van der Waals surface area contributed by atoms with Crippen LogP contribution in [0.5, 0.6) is 0 Å². The van der Waals surface area contributed by atoms with Crippen molar-refractivity contribution in [2.75, 3.05) is 0 Å². The molecule has 13 heavy (non-hydrogen) atoms. The third kappa shape index (κ3) is 2.58. The van der Waals surface area contributed by atoms with Crippen molar-refractivity contribution in [3.8, 4) is 0 Å². The van der Waals surface area contributed by atoms with Crippen LogP contribution in [0.2, 0.25) is 0 Å². The van der Waals surface area contributed by atoms with Gasteiger partial charge in [-0.1, -0.05) is 31.2 Å². The van der Waals surface area contributed by atoms with Gasteiger partial charge in [0.2, 0.25) is 0 Å². The van der Waals surface area contributed by atoms with E-state index in [0.717, 1.165) is 24.2 Å². The smallest absolute Gasteiger partial charge is 0.140 e. The molecule has 0 amide bonds. The average molecular weight is 177 g/mol. The largest absolute Gasteiger partial charge is 0.361 e. The quantitative estimate of drug-likeness (QED) is 0.659. The molecule has 0 atom stereocenters. The van der Waals surface area contributed by atoms with E-state index in [2.05, 4.69) is 24.7 Å². The molecule has 1 aromatic heterocycles. The highest BCUT2D eigenvalue weighted by Crippen LogP contribution is 2.15. The van der Waals surface area contributed by atoms with Gasteiger partial charge in [0, 0.05) is 5.56 Å². The lowest BCUT2D eigenvalue weighted by atomic mass is 10.1. The fraction of sp³-hybridized carbons (Fsp3) is 0.364. The van der Waals surface area contributed by atoms with Crippen LogP contribution in [0.25, 0.3) is 6.08 Å². The molecule has 70 valence electrons. The fourth-order valence-electron chi connectivity index (χ4n) is 1.17. The van der Waals surface area contributed by atoms with E-state index >= 15 is 0 Å². The predicted octanol–water partition coefficient (Wildman–Crippen LogP) is 3.35. The molecule has 1 rings (SSSR count). The molecule has 0 fully saturated rings. The van der Waals surface area contributed by atoms with E-state index in [1.54, 1.807) is 6.20 Å². The second kappa shape index (κ2) is 4.65. The highest BCUT2D eigenvalue weighted by Gasteiger charge is 1.99. The first-order valence-corrected chi connectivity index (χ1v) is 4.52. The van der Waals surface area contributed by atoms with Crippen molar-refractivity contribution >= 4 is 6.08 Å². The summed E-state index contributed by atoms with van der Waals surface area (Å²) in [5.74, 6) is 0.857. The summed E-state index contributed by atoms with van der Waals surface area (Å²) < 4.78 is 4.96. The van der Waals surface area contributed by atoms with Gasteiger partial charge >= 0.3 is 0 Å². The Kier molecular flexibility index (Phi) is 3.50. The topological polar surface area (TPSA) is 26.0 Å². The van der Waals surface area contributed by atoms with Gasteiger partial charge in [-0.15, -0.1) is 0 Å². The van der Waals surface area contributed by atoms with E-state index < -0.39 is 0 Å². The molecule has 0 saturated heterocycles. The van der Waals surface area contributed by atoms with Crippen molar-refractivity contribution < 1.29 is 4.52 Å². The normalized spacial score (nSPS) is 11.7. The molecule has 0 bridgehead atoms. The Labute approximate surface area is 78.9 Å². The second-order valence-electron chi connectivity index (χ2n) is 3.01. The Morgan fingerprint density at radius 3 is 2.92 bits per heavy atom. The molecule has 0 aliphatic heterocycles. The number of nitrogens with zero attached hydrogens (tertiary/aromatic N) is 1. The lowest BCUT2D eigenvalue weighted by Crippen LogP contribution is -1.78. The summed E-state index contributed by atoms with van der Waals surface area (Å²) in [7, 11) is 0. The van der Waals surface area contributed by atoms with Gasteiger partial charge in [-0.2, -0.15) is 0 Å². The number of aryl methyl sites for hydroxylation is 1. The Balaban J connectivity index is 2.84. The molecule has 0 aromatic carbocycles. The van der Waals surface area contributed by atoms with Gasteiger partial charge in [0.15, 0.2) is 0 Å². The summed E-state index contributed by atoms with van der Waals surface area (Å²) in [6.45, 7) is 7.83. The zero-order chi connectivity index (χ0) is 9.68. The van der Waals surface area contributed by atoms with Crippen molar-refractivity contribution in [2.24, 2.45) is 0 Å². The summed E-state index contributed by atoms with van der Waals surface area (Å²) in [5, 5.41) is 3.72. The van der Waals surface area contributed by atoms with E-state index in [0.29, 0.717) is 0 Å². The lowest BCUT2D eigenvalue weighted by molar-refractivity contribution is 0.397. The van der Waals surface area contributed by atoms with Crippen LogP contribution in [0.15, 0.2) is 28.9 Å². The molecule has 0 unspecified atom stereocenters. The van der Waals surface area contributed by atoms with E-state index in [4.69, 9.17) is 4.52 Å². The molecule has 2 heteroatoms. The van der Waals surface area contributed by atoms with Gasteiger partial charge < -0.3 is 4.52 Å². The summed E-state index contributed by atoms with van der Waals surface area (Å²) in [5.41, 5.74) is 2.28. The zero-order valence-electron chi connectivity index (χ0n) is 8.21. The zero-order valence-corrected chi connectivity index (χ0v) is 8.21. The first-order valence-electron chi connectivity index (χ1n) is 4.52. The minimum absolute atomic E-state index is 0.857. The molecular weight excluding hydrogens is 162 g/mol. The first-order chi connectivity index (χ1) is 6.27. The molecule has 0 aliphatic carbocycles. The van der Waals surface area contributed by atoms with Crippen LogP contribution >= 0.6 is 0 Å². The van der Waals surface area contributed by atoms with Gasteiger partial charge in [0.1, 0.15) is 5.76 Å². The van der Waals surface area contributed by atoms with Gasteiger partial charge in [-0.3, -0.25) is 0 Å². The van der Waals surface area contributed by atoms with Gasteiger partial charge in [0.25, 0.3) is 0 Å². The summed E-state index contributed by atoms with van der Waals surface area (Å²) in [4.78, 5) is 0. The van der Waals surface area contributed by atoms with Crippen LogP contribution < -0.4 is 0 Å². The van der Waals surface area contributed by atoms with E-state index in [-0.39, 0.29) is 0 Å². The average Bonchev–Trinajstić information content (AvgIpc) is 2.51. The molecule has 2 nitrogen and oxygen atoms in total. The third-order valence-corrected chi connectivity index (χ3v) is 1.93. The van der Waals surface area contributed by atoms with Crippen LogP contribution in [0.1, 0.15) is 31.1 Å². The van der Waals surface area contributed by atoms with Crippen molar-refractivity contribution in [3.63, 3.8) is 0 Å². The molecule has 1 heterocycles. The van der Waals surface area contributed by atoms with Crippen LogP contribution in [-0.2, 0) is 0 Å². The number of hydrogen-bond donors (Lipinski definition) is 0. The number of hydrogen-bond acceptors (Lipinski definition) is 2. The predicted molar refractivity (Wildman–Crippen MR) is 54.3 cm³/mol. The second-order valence-corrected chi connectivity index (χ2v) is 3.01. The molecule has 0 spiro atoms. The van der Waals surface area contributed by atoms with Gasteiger partial charge in [0.05, 0.1) is 6.20 Å². The number of allylic oxidation sites excluding steroid dienone is 2. The molecule has 1 aromatic rings. The van der Waals surface area contributed by atoms with Crippen molar-refractivity contribution in [1.29, 1.82) is 0 Å². The molecule has 0 N–H and O–H groups in total. The molecule has 0 radical (unpaired) electrons. The molecule has 0 aliphatic rings. The van der Waals surface area contributed by atoms with E-state index in [1.807, 2.05) is 13.0 Å². The van der Waals surface area contributed by atoms with Crippen LogP contribution in [0.3, 0.4) is 0 Å². The van der Waals surface area contributed by atoms with Crippen LogP contribution in [0.4, 0.5) is 0 Å². The molecular formula is C11H15NO. The summed E-state index contributed by atoms with van der Waals surface area (Å²) >= 11 is 0. The van der Waals surface area contributed by atoms with Crippen LogP contribution in [0, 0.1) is 6.92 Å². The summed E-state index contributed by atoms with van der Waals surface area (Å²) in [6.07, 6.45) is 7.86. The number of rotatable bonds is 4. The van der Waals surface area contributed by atoms with Crippen LogP contribution in [-0.4, -0.2) is 5.16 Å². The highest BCUT2D eigenvalue weighted by molar-refractivity contribution is 5.55. The maximum absolute atomic E-state index is 4.96. The van der Waals surface area contributed by atoms with Crippen molar-refractivity contribution in [2.45, 2.75) is 26.7 Å². The standard InChI is InChI=1S/C11H15NO/c1-4-6-10(5-2)7-11-8-12-13-9(11)3/h5,7-8H,2,4,6H2,1,3H3/b10-7+. The van der Waals surface area contributed by atoms with E-state index in [1.165, 1.54) is 5.57 Å². The highest BCUT2D eigenvalue weighted by atomic mass is 16.5. The Hall–Kier alpha value is -1.31. The minimum atomic E-state index is 0.857. The van der Waals surface area contributed by atoms with E-state index in [9.17, 15) is 0 Å². The third-order valence-electron chi connectivity index (χ3n) is 1.93. The van der Waals surface area contributed by atoms with Gasteiger partial charge in [-0.25, -0.2) is 0 Å². The Morgan fingerprint density at radius 1 is 1.69 bits per heavy atom. The fourth-order valence-corrected chi connectivity index (χ4v) is 1.17. The Morgan fingerprint density at radius 2 is 2.46 bits per heavy atom. The summed E-state index contributed by atoms with van der Waals surface area (Å²) in [6, 6.07) is 0. The maximum Gasteiger partial charge on any atom is 0.140 e. The monoisotopic (exact) mass is 177 g/mol. The van der Waals surface area contributed by atoms with Crippen molar-refractivity contribution in [3.05, 3.63) is 35.7 Å². The lowest BCUT2D eigenvalue weighted by Gasteiger charge is -1.97. The Bertz CT molecular complexity index is 310. The minimum Gasteiger partial charge on any atom is -0.361 e. The molecule has 0 saturated carbocycles.